The molecule has 1 heterocycles. The largest absolute Gasteiger partial charge is 0.394 e. The molecule has 1 aliphatic rings. The topological polar surface area (TPSA) is 105 Å². The maximum absolute atomic E-state index is 12.6. The molecule has 0 spiro atoms. The lowest BCUT2D eigenvalue weighted by molar-refractivity contribution is -0.130. The normalized spacial score (nSPS) is 21.6. The van der Waals surface area contributed by atoms with Gasteiger partial charge in [0.05, 0.1) is 46.2 Å². The van der Waals surface area contributed by atoms with Crippen LogP contribution in [0.1, 0.15) is 24.8 Å². The lowest BCUT2D eigenvalue weighted by Gasteiger charge is -2.35. The number of hydrogen-bond donors (Lipinski definition) is 3. The lowest BCUT2D eigenvalue weighted by Crippen LogP contribution is -2.51. The first-order valence-corrected chi connectivity index (χ1v) is 12.1. The Morgan fingerprint density at radius 2 is 1.84 bits per heavy atom. The second-order valence-corrected chi connectivity index (χ2v) is 9.85. The molecule has 1 fully saturated rings. The summed E-state index contributed by atoms with van der Waals surface area (Å²) in [5.41, 5.74) is 0.816. The van der Waals surface area contributed by atoms with Crippen molar-refractivity contribution in [3.8, 4) is 0 Å². The standard InChI is InChI=1S/C21H24Cl2N2O5S/c22-17-8-6-14(10-18(17)23)12-24-21(27)11-15-7-9-19(20(13-26)30-15)25-31(28,29)16-4-2-1-3-5-16/h1-6,8,10,15,19-20,25-26H,7,9,11-13H2,(H,24,27)/t15-,19+,20-/m0/s1. The number of halogens is 2. The molecule has 3 atom stereocenters. The third kappa shape index (κ3) is 6.65. The number of aliphatic hydroxyl groups excluding tert-OH is 1. The Balaban J connectivity index is 1.52. The van der Waals surface area contributed by atoms with E-state index in [9.17, 15) is 18.3 Å². The molecule has 7 nitrogen and oxygen atoms in total. The molecule has 0 aliphatic carbocycles. The molecule has 0 bridgehead atoms. The Hall–Kier alpha value is -1.68. The highest BCUT2D eigenvalue weighted by molar-refractivity contribution is 7.89. The number of rotatable bonds is 8. The van der Waals surface area contributed by atoms with Gasteiger partial charge in [0.2, 0.25) is 15.9 Å². The van der Waals surface area contributed by atoms with Crippen molar-refractivity contribution < 1.29 is 23.1 Å². The lowest BCUT2D eigenvalue weighted by atomic mass is 9.98. The molecule has 3 N–H and O–H groups in total. The van der Waals surface area contributed by atoms with E-state index in [1.54, 1.807) is 36.4 Å². The number of sulfonamides is 1. The molecule has 0 unspecified atom stereocenters. The molecule has 1 saturated heterocycles. The van der Waals surface area contributed by atoms with E-state index >= 15 is 0 Å². The Labute approximate surface area is 191 Å². The van der Waals surface area contributed by atoms with Crippen LogP contribution in [0.25, 0.3) is 0 Å². The molecule has 10 heteroatoms. The van der Waals surface area contributed by atoms with Gasteiger partial charge in [-0.25, -0.2) is 13.1 Å². The Bertz CT molecular complexity index is 1000. The SMILES string of the molecule is O=C(C[C@@H]1CC[C@@H](NS(=O)(=O)c2ccccc2)[C@H](CO)O1)NCc1ccc(Cl)c(Cl)c1. The van der Waals surface area contributed by atoms with E-state index in [1.807, 2.05) is 0 Å². The first-order valence-electron chi connectivity index (χ1n) is 9.83. The Morgan fingerprint density at radius 1 is 1.10 bits per heavy atom. The van der Waals surface area contributed by atoms with Gasteiger partial charge in [-0.3, -0.25) is 4.79 Å². The number of benzene rings is 2. The van der Waals surface area contributed by atoms with Crippen molar-refractivity contribution in [2.24, 2.45) is 0 Å². The zero-order valence-electron chi connectivity index (χ0n) is 16.6. The quantitative estimate of drug-likeness (QED) is 0.531. The van der Waals surface area contributed by atoms with Crippen molar-refractivity contribution in [1.29, 1.82) is 0 Å². The average molecular weight is 487 g/mol. The fourth-order valence-corrected chi connectivity index (χ4v) is 5.05. The molecule has 0 saturated carbocycles. The predicted molar refractivity (Wildman–Crippen MR) is 118 cm³/mol. The molecule has 0 aromatic heterocycles. The molecular weight excluding hydrogens is 463 g/mol. The van der Waals surface area contributed by atoms with Gasteiger partial charge >= 0.3 is 0 Å². The van der Waals surface area contributed by atoms with Gasteiger partial charge in [-0.15, -0.1) is 0 Å². The summed E-state index contributed by atoms with van der Waals surface area (Å²) in [6.07, 6.45) is -0.111. The van der Waals surface area contributed by atoms with E-state index in [1.165, 1.54) is 12.1 Å². The van der Waals surface area contributed by atoms with Gasteiger partial charge in [0.25, 0.3) is 0 Å². The number of ether oxygens (including phenoxy) is 1. The van der Waals surface area contributed by atoms with Gasteiger partial charge in [-0.2, -0.15) is 0 Å². The van der Waals surface area contributed by atoms with Crippen LogP contribution in [-0.2, 0) is 26.1 Å². The van der Waals surface area contributed by atoms with Gasteiger partial charge in [-0.1, -0.05) is 47.5 Å². The summed E-state index contributed by atoms with van der Waals surface area (Å²) in [5.74, 6) is -0.212. The summed E-state index contributed by atoms with van der Waals surface area (Å²) < 4.78 is 33.5. The van der Waals surface area contributed by atoms with E-state index in [0.29, 0.717) is 29.4 Å². The smallest absolute Gasteiger partial charge is 0.240 e. The van der Waals surface area contributed by atoms with Gasteiger partial charge < -0.3 is 15.2 Å². The highest BCUT2D eigenvalue weighted by atomic mass is 35.5. The zero-order valence-corrected chi connectivity index (χ0v) is 19.0. The van der Waals surface area contributed by atoms with Crippen LogP contribution in [0.3, 0.4) is 0 Å². The monoisotopic (exact) mass is 486 g/mol. The fraction of sp³-hybridized carbons (Fsp3) is 0.381. The average Bonchev–Trinajstić information content (AvgIpc) is 2.76. The van der Waals surface area contributed by atoms with E-state index in [0.717, 1.165) is 5.56 Å². The van der Waals surface area contributed by atoms with Crippen LogP contribution < -0.4 is 10.0 Å². The molecular formula is C21H24Cl2N2O5S. The van der Waals surface area contributed by atoms with E-state index in [2.05, 4.69) is 10.0 Å². The van der Waals surface area contributed by atoms with Crippen molar-refractivity contribution in [3.05, 3.63) is 64.1 Å². The summed E-state index contributed by atoms with van der Waals surface area (Å²) in [6, 6.07) is 12.6. The van der Waals surface area contributed by atoms with Crippen molar-refractivity contribution in [2.75, 3.05) is 6.61 Å². The van der Waals surface area contributed by atoms with E-state index in [4.69, 9.17) is 27.9 Å². The maximum atomic E-state index is 12.6. The summed E-state index contributed by atoms with van der Waals surface area (Å²) in [6.45, 7) is -0.0608. The number of carbonyl (C=O) groups is 1. The predicted octanol–water partition coefficient (Wildman–Crippen LogP) is 2.89. The third-order valence-electron chi connectivity index (χ3n) is 5.04. The minimum Gasteiger partial charge on any atom is -0.394 e. The molecule has 168 valence electrons. The molecule has 1 aliphatic heterocycles. The van der Waals surface area contributed by atoms with Gasteiger partial charge in [-0.05, 0) is 42.7 Å². The second kappa shape index (κ2) is 10.8. The highest BCUT2D eigenvalue weighted by Gasteiger charge is 2.34. The maximum Gasteiger partial charge on any atom is 0.240 e. The van der Waals surface area contributed by atoms with Crippen molar-refractivity contribution >= 4 is 39.1 Å². The summed E-state index contributed by atoms with van der Waals surface area (Å²) in [5, 5.41) is 13.4. The molecule has 3 rings (SSSR count). The number of carbonyl (C=O) groups excluding carboxylic acids is 1. The number of amides is 1. The van der Waals surface area contributed by atoms with Gasteiger partial charge in [0.15, 0.2) is 0 Å². The minimum atomic E-state index is -3.73. The first-order chi connectivity index (χ1) is 14.8. The van der Waals surface area contributed by atoms with Crippen molar-refractivity contribution in [2.45, 2.75) is 49.0 Å². The van der Waals surface area contributed by atoms with Crippen molar-refractivity contribution in [3.63, 3.8) is 0 Å². The van der Waals surface area contributed by atoms with E-state index < -0.39 is 28.3 Å². The number of aliphatic hydroxyl groups is 1. The summed E-state index contributed by atoms with van der Waals surface area (Å²) in [7, 11) is -3.73. The van der Waals surface area contributed by atoms with Crippen LogP contribution in [0, 0.1) is 0 Å². The summed E-state index contributed by atoms with van der Waals surface area (Å²) in [4.78, 5) is 12.5. The molecule has 0 radical (unpaired) electrons. The molecule has 1 amide bonds. The van der Waals surface area contributed by atoms with Crippen LogP contribution in [0.5, 0.6) is 0 Å². The van der Waals surface area contributed by atoms with Gasteiger partial charge in [0, 0.05) is 6.54 Å². The zero-order chi connectivity index (χ0) is 22.4. The summed E-state index contributed by atoms with van der Waals surface area (Å²) >= 11 is 11.9. The van der Waals surface area contributed by atoms with Crippen LogP contribution >= 0.6 is 23.2 Å². The molecule has 2 aromatic rings. The van der Waals surface area contributed by atoms with Crippen LogP contribution in [-0.4, -0.2) is 44.3 Å². The van der Waals surface area contributed by atoms with Crippen LogP contribution in [0.2, 0.25) is 10.0 Å². The Morgan fingerprint density at radius 3 is 2.52 bits per heavy atom. The van der Waals surface area contributed by atoms with Gasteiger partial charge in [0.1, 0.15) is 0 Å². The van der Waals surface area contributed by atoms with Crippen molar-refractivity contribution in [1.82, 2.24) is 10.0 Å². The Kier molecular flexibility index (Phi) is 8.32. The molecule has 2 aromatic carbocycles. The third-order valence-corrected chi connectivity index (χ3v) is 7.29. The minimum absolute atomic E-state index is 0.107. The van der Waals surface area contributed by atoms with Crippen LogP contribution in [0.4, 0.5) is 0 Å². The highest BCUT2D eigenvalue weighted by Crippen LogP contribution is 2.24. The fourth-order valence-electron chi connectivity index (χ4n) is 3.41. The second-order valence-electron chi connectivity index (χ2n) is 7.33. The molecule has 31 heavy (non-hydrogen) atoms. The number of hydrogen-bond acceptors (Lipinski definition) is 5. The van der Waals surface area contributed by atoms with Crippen LogP contribution in [0.15, 0.2) is 53.4 Å². The first kappa shape index (κ1) is 24.0. The number of nitrogens with one attached hydrogen (secondary N) is 2. The van der Waals surface area contributed by atoms with E-state index in [-0.39, 0.29) is 23.8 Å².